The van der Waals surface area contributed by atoms with Gasteiger partial charge in [0.2, 0.25) is 11.1 Å². The normalized spacial score (nSPS) is 10.7. The maximum atomic E-state index is 13.1. The Balaban J connectivity index is 2.01. The summed E-state index contributed by atoms with van der Waals surface area (Å²) >= 11 is 1.10. The maximum absolute atomic E-state index is 13.1. The van der Waals surface area contributed by atoms with Gasteiger partial charge in [-0.05, 0) is 11.5 Å². The van der Waals surface area contributed by atoms with E-state index in [0.29, 0.717) is 10.4 Å². The van der Waals surface area contributed by atoms with Gasteiger partial charge in [0.15, 0.2) is 0 Å². The number of pyridine rings is 1. The minimum Gasteiger partial charge on any atom is -0.465 e. The summed E-state index contributed by atoms with van der Waals surface area (Å²) in [5, 5.41) is 20.6. The molecule has 0 unspecified atom stereocenters. The molecule has 0 radical (unpaired) electrons. The van der Waals surface area contributed by atoms with Gasteiger partial charge in [-0.15, -0.1) is 10.2 Å². The Morgan fingerprint density at radius 3 is 2.90 bits per heavy atom. The predicted octanol–water partition coefficient (Wildman–Crippen LogP) is 2.98. The monoisotopic (exact) mass is 290 g/mol. The smallest absolute Gasteiger partial charge is 0.411 e. The van der Waals surface area contributed by atoms with Crippen LogP contribution in [0, 0.1) is 5.95 Å². The number of aromatic nitrogens is 3. The van der Waals surface area contributed by atoms with E-state index in [9.17, 15) is 9.18 Å². The molecule has 0 aliphatic heterocycles. The van der Waals surface area contributed by atoms with Crippen LogP contribution in [0.5, 0.6) is 0 Å². The van der Waals surface area contributed by atoms with Crippen molar-refractivity contribution in [1.29, 1.82) is 0 Å². The van der Waals surface area contributed by atoms with Crippen molar-refractivity contribution in [2.75, 3.05) is 5.32 Å². The molecule has 3 aromatic rings. The quantitative estimate of drug-likeness (QED) is 0.708. The number of benzene rings is 1. The van der Waals surface area contributed by atoms with Crippen molar-refractivity contribution in [2.24, 2.45) is 0 Å². The molecule has 3 rings (SSSR count). The zero-order valence-corrected chi connectivity index (χ0v) is 10.7. The highest BCUT2D eigenvalue weighted by molar-refractivity contribution is 7.18. The molecule has 8 heteroatoms. The largest absolute Gasteiger partial charge is 0.465 e. The van der Waals surface area contributed by atoms with E-state index in [0.717, 1.165) is 22.3 Å². The Hall–Kier alpha value is -2.61. The number of carboxylic acid groups (broad SMARTS) is 1. The minimum absolute atomic E-state index is 0.188. The van der Waals surface area contributed by atoms with E-state index in [2.05, 4.69) is 20.5 Å². The van der Waals surface area contributed by atoms with Crippen LogP contribution in [0.25, 0.3) is 21.3 Å². The van der Waals surface area contributed by atoms with E-state index in [1.807, 2.05) is 0 Å². The second kappa shape index (κ2) is 4.82. The van der Waals surface area contributed by atoms with Gasteiger partial charge < -0.3 is 5.11 Å². The van der Waals surface area contributed by atoms with Crippen LogP contribution in [0.3, 0.4) is 0 Å². The number of rotatable bonds is 2. The first-order valence-electron chi connectivity index (χ1n) is 5.51. The Bertz CT molecular complexity index is 805. The molecule has 0 fully saturated rings. The summed E-state index contributed by atoms with van der Waals surface area (Å²) in [6.07, 6.45) is 0.255. The van der Waals surface area contributed by atoms with E-state index in [1.54, 1.807) is 18.2 Å². The lowest BCUT2D eigenvalue weighted by atomic mass is 10.1. The number of hydrogen-bond acceptors (Lipinski definition) is 5. The first-order valence-corrected chi connectivity index (χ1v) is 6.32. The number of halogens is 1. The second-order valence-corrected chi connectivity index (χ2v) is 4.89. The molecule has 2 aromatic heterocycles. The van der Waals surface area contributed by atoms with Crippen molar-refractivity contribution in [3.05, 3.63) is 36.4 Å². The van der Waals surface area contributed by atoms with Crippen molar-refractivity contribution >= 4 is 33.3 Å². The summed E-state index contributed by atoms with van der Waals surface area (Å²) in [6.45, 7) is 0. The molecule has 0 saturated carbocycles. The fraction of sp³-hybridized carbons (Fsp3) is 0. The van der Waals surface area contributed by atoms with Crippen LogP contribution in [0.15, 0.2) is 30.5 Å². The molecule has 1 amide bonds. The van der Waals surface area contributed by atoms with Crippen LogP contribution in [0.2, 0.25) is 0 Å². The van der Waals surface area contributed by atoms with Crippen LogP contribution in [0.4, 0.5) is 14.3 Å². The average Bonchev–Trinajstić information content (AvgIpc) is 2.85. The molecule has 100 valence electrons. The van der Waals surface area contributed by atoms with Crippen LogP contribution in [-0.4, -0.2) is 26.4 Å². The summed E-state index contributed by atoms with van der Waals surface area (Å²) in [6, 6.07) is 6.68. The lowest BCUT2D eigenvalue weighted by Crippen LogP contribution is -2.06. The van der Waals surface area contributed by atoms with Crippen molar-refractivity contribution < 1.29 is 14.3 Å². The van der Waals surface area contributed by atoms with E-state index < -0.39 is 12.0 Å². The third-order valence-corrected chi connectivity index (χ3v) is 3.46. The number of nitrogens with one attached hydrogen (secondary N) is 1. The molecule has 0 saturated heterocycles. The van der Waals surface area contributed by atoms with Gasteiger partial charge in [-0.3, -0.25) is 5.32 Å². The maximum Gasteiger partial charge on any atom is 0.411 e. The van der Waals surface area contributed by atoms with E-state index in [4.69, 9.17) is 5.11 Å². The lowest BCUT2D eigenvalue weighted by molar-refractivity contribution is 0.209. The number of anilines is 1. The number of fused-ring (bicyclic) bond motifs is 1. The number of amides is 1. The van der Waals surface area contributed by atoms with Gasteiger partial charge >= 0.3 is 6.09 Å². The molecule has 0 aliphatic rings. The molecule has 0 bridgehead atoms. The Kier molecular flexibility index (Phi) is 2.99. The SMILES string of the molecule is O=C(O)Nc1nnc(-c2ccc3cnc(F)cc3c2)s1. The van der Waals surface area contributed by atoms with E-state index in [-0.39, 0.29) is 5.13 Å². The van der Waals surface area contributed by atoms with Gasteiger partial charge in [-0.2, -0.15) is 4.39 Å². The van der Waals surface area contributed by atoms with Crippen LogP contribution < -0.4 is 5.32 Å². The van der Waals surface area contributed by atoms with Crippen LogP contribution >= 0.6 is 11.3 Å². The zero-order chi connectivity index (χ0) is 14.1. The molecule has 0 atom stereocenters. The predicted molar refractivity (Wildman–Crippen MR) is 72.3 cm³/mol. The average molecular weight is 290 g/mol. The molecular weight excluding hydrogens is 283 g/mol. The fourth-order valence-electron chi connectivity index (χ4n) is 1.73. The van der Waals surface area contributed by atoms with Gasteiger partial charge in [0.25, 0.3) is 0 Å². The molecule has 2 N–H and O–H groups in total. The molecule has 0 spiro atoms. The number of carbonyl (C=O) groups is 1. The van der Waals surface area contributed by atoms with Crippen LogP contribution in [-0.2, 0) is 0 Å². The summed E-state index contributed by atoms with van der Waals surface area (Å²) in [5.74, 6) is -0.555. The van der Waals surface area contributed by atoms with Gasteiger partial charge in [0, 0.05) is 23.2 Å². The third kappa shape index (κ3) is 2.41. The summed E-state index contributed by atoms with van der Waals surface area (Å²) in [4.78, 5) is 14.1. The first kappa shape index (κ1) is 12.4. The molecule has 0 aliphatic carbocycles. The molecular formula is C12H7FN4O2S. The molecule has 2 heterocycles. The van der Waals surface area contributed by atoms with Crippen molar-refractivity contribution in [3.8, 4) is 10.6 Å². The summed E-state index contributed by atoms with van der Waals surface area (Å²) < 4.78 is 13.1. The number of hydrogen-bond donors (Lipinski definition) is 2. The summed E-state index contributed by atoms with van der Waals surface area (Å²) in [7, 11) is 0. The lowest BCUT2D eigenvalue weighted by Gasteiger charge is -2.00. The Morgan fingerprint density at radius 2 is 2.10 bits per heavy atom. The first-order chi connectivity index (χ1) is 9.61. The minimum atomic E-state index is -1.20. The summed E-state index contributed by atoms with van der Waals surface area (Å²) in [5.41, 5.74) is 0.735. The van der Waals surface area contributed by atoms with Crippen LogP contribution in [0.1, 0.15) is 0 Å². The van der Waals surface area contributed by atoms with Gasteiger partial charge in [0.05, 0.1) is 0 Å². The van der Waals surface area contributed by atoms with Crippen molar-refractivity contribution in [3.63, 3.8) is 0 Å². The fourth-order valence-corrected chi connectivity index (χ4v) is 2.46. The highest BCUT2D eigenvalue weighted by Gasteiger charge is 2.09. The van der Waals surface area contributed by atoms with E-state index in [1.165, 1.54) is 12.3 Å². The Labute approximate surface area is 115 Å². The zero-order valence-electron chi connectivity index (χ0n) is 9.87. The van der Waals surface area contributed by atoms with Crippen molar-refractivity contribution in [2.45, 2.75) is 0 Å². The number of nitrogens with zero attached hydrogens (tertiary/aromatic N) is 3. The van der Waals surface area contributed by atoms with Crippen molar-refractivity contribution in [1.82, 2.24) is 15.2 Å². The Morgan fingerprint density at radius 1 is 1.25 bits per heavy atom. The molecule has 20 heavy (non-hydrogen) atoms. The standard InChI is InChI=1S/C12H7FN4O2S/c13-9-4-8-3-6(1-2-7(8)5-14-9)10-16-17-11(20-10)15-12(18)19/h1-5H,(H,15,17)(H,18,19). The van der Waals surface area contributed by atoms with E-state index >= 15 is 0 Å². The second-order valence-electron chi connectivity index (χ2n) is 3.91. The molecule has 6 nitrogen and oxygen atoms in total. The molecule has 1 aromatic carbocycles. The highest BCUT2D eigenvalue weighted by atomic mass is 32.1. The van der Waals surface area contributed by atoms with Gasteiger partial charge in [-0.1, -0.05) is 23.5 Å². The van der Waals surface area contributed by atoms with Gasteiger partial charge in [0.1, 0.15) is 5.01 Å². The topological polar surface area (TPSA) is 88.0 Å². The third-order valence-electron chi connectivity index (χ3n) is 2.57. The van der Waals surface area contributed by atoms with Gasteiger partial charge in [-0.25, -0.2) is 9.78 Å². The highest BCUT2D eigenvalue weighted by Crippen LogP contribution is 2.28.